The summed E-state index contributed by atoms with van der Waals surface area (Å²) in [6.45, 7) is 5.67. The number of morpholine rings is 1. The second-order valence-corrected chi connectivity index (χ2v) is 7.58. The van der Waals surface area contributed by atoms with E-state index in [1.807, 2.05) is 68.6 Å². The molecular weight excluding hydrogens is 374 g/mol. The molecule has 0 spiro atoms. The third-order valence-corrected chi connectivity index (χ3v) is 5.48. The van der Waals surface area contributed by atoms with E-state index in [2.05, 4.69) is 22.0 Å². The highest BCUT2D eigenvalue weighted by Gasteiger charge is 2.19. The summed E-state index contributed by atoms with van der Waals surface area (Å²) in [5.74, 6) is -0.0172. The first-order valence-electron chi connectivity index (χ1n) is 10.3. The van der Waals surface area contributed by atoms with Crippen LogP contribution in [0.3, 0.4) is 0 Å². The van der Waals surface area contributed by atoms with Crippen LogP contribution >= 0.6 is 0 Å². The molecule has 1 aliphatic rings. The second-order valence-electron chi connectivity index (χ2n) is 7.58. The van der Waals surface area contributed by atoms with Gasteiger partial charge >= 0.3 is 0 Å². The van der Waals surface area contributed by atoms with Crippen molar-refractivity contribution in [2.24, 2.45) is 0 Å². The lowest BCUT2D eigenvalue weighted by Crippen LogP contribution is -2.37. The summed E-state index contributed by atoms with van der Waals surface area (Å²) in [7, 11) is 1.85. The lowest BCUT2D eigenvalue weighted by molar-refractivity contribution is 0.0783. The summed E-state index contributed by atoms with van der Waals surface area (Å²) in [6.07, 6.45) is 0. The Kier molecular flexibility index (Phi) is 6.10. The number of benzene rings is 2. The van der Waals surface area contributed by atoms with Gasteiger partial charge in [0.2, 0.25) is 0 Å². The molecule has 2 aromatic carbocycles. The van der Waals surface area contributed by atoms with E-state index in [-0.39, 0.29) is 5.91 Å². The van der Waals surface area contributed by atoms with E-state index in [1.165, 1.54) is 5.69 Å². The van der Waals surface area contributed by atoms with Gasteiger partial charge in [-0.25, -0.2) is 0 Å². The minimum absolute atomic E-state index is 0.0172. The van der Waals surface area contributed by atoms with Crippen molar-refractivity contribution in [3.63, 3.8) is 0 Å². The predicted octanol–water partition coefficient (Wildman–Crippen LogP) is 4.17. The molecule has 0 bridgehead atoms. The van der Waals surface area contributed by atoms with Gasteiger partial charge in [0.25, 0.3) is 5.91 Å². The molecule has 1 aromatic heterocycles. The van der Waals surface area contributed by atoms with Crippen LogP contribution in [0.4, 0.5) is 5.69 Å². The molecular formula is C25H27N3O2. The molecule has 5 nitrogen and oxygen atoms in total. The highest BCUT2D eigenvalue weighted by atomic mass is 16.5. The number of carbonyl (C=O) groups excluding carboxylic acids is 1. The van der Waals surface area contributed by atoms with Crippen LogP contribution in [-0.4, -0.2) is 49.1 Å². The number of pyridine rings is 1. The fourth-order valence-corrected chi connectivity index (χ4v) is 3.85. The van der Waals surface area contributed by atoms with Gasteiger partial charge in [-0.15, -0.1) is 0 Å². The first-order chi connectivity index (χ1) is 14.6. The lowest BCUT2D eigenvalue weighted by atomic mass is 10.1. The first kappa shape index (κ1) is 20.1. The average Bonchev–Trinajstić information content (AvgIpc) is 2.80. The molecule has 30 heavy (non-hydrogen) atoms. The average molecular weight is 402 g/mol. The van der Waals surface area contributed by atoms with Gasteiger partial charge < -0.3 is 14.5 Å². The number of amides is 1. The molecule has 4 rings (SSSR count). The zero-order valence-corrected chi connectivity index (χ0v) is 17.5. The molecule has 0 atom stereocenters. The van der Waals surface area contributed by atoms with Crippen LogP contribution in [0.2, 0.25) is 0 Å². The van der Waals surface area contributed by atoms with Gasteiger partial charge in [0.05, 0.1) is 30.2 Å². The predicted molar refractivity (Wildman–Crippen MR) is 120 cm³/mol. The third-order valence-electron chi connectivity index (χ3n) is 5.48. The number of aryl methyl sites for hydroxylation is 1. The van der Waals surface area contributed by atoms with Crippen LogP contribution in [0, 0.1) is 6.92 Å². The molecule has 0 radical (unpaired) electrons. The number of hydrogen-bond donors (Lipinski definition) is 0. The molecule has 1 aliphatic heterocycles. The molecule has 0 aliphatic carbocycles. The number of hydrogen-bond acceptors (Lipinski definition) is 4. The van der Waals surface area contributed by atoms with Gasteiger partial charge in [0, 0.05) is 37.9 Å². The van der Waals surface area contributed by atoms with Crippen LogP contribution in [0.1, 0.15) is 21.6 Å². The number of carbonyl (C=O) groups is 1. The van der Waals surface area contributed by atoms with Gasteiger partial charge in [0.1, 0.15) is 0 Å². The molecule has 1 amide bonds. The van der Waals surface area contributed by atoms with Gasteiger partial charge in [-0.2, -0.15) is 0 Å². The van der Waals surface area contributed by atoms with Crippen molar-refractivity contribution >= 4 is 11.6 Å². The van der Waals surface area contributed by atoms with Crippen LogP contribution in [0.25, 0.3) is 11.3 Å². The Balaban J connectivity index is 1.52. The monoisotopic (exact) mass is 401 g/mol. The number of rotatable bonds is 5. The second kappa shape index (κ2) is 9.09. The maximum atomic E-state index is 13.2. The van der Waals surface area contributed by atoms with E-state index in [0.29, 0.717) is 12.1 Å². The maximum absolute atomic E-state index is 13.2. The fraction of sp³-hybridized carbons (Fsp3) is 0.280. The molecule has 0 N–H and O–H groups in total. The van der Waals surface area contributed by atoms with Crippen LogP contribution in [-0.2, 0) is 11.3 Å². The number of nitrogens with zero attached hydrogens (tertiary/aromatic N) is 3. The summed E-state index contributed by atoms with van der Waals surface area (Å²) in [5.41, 5.74) is 5.63. The topological polar surface area (TPSA) is 45.7 Å². The molecule has 154 valence electrons. The summed E-state index contributed by atoms with van der Waals surface area (Å²) in [5, 5.41) is 0. The number of aromatic nitrogens is 1. The van der Waals surface area contributed by atoms with Crippen molar-refractivity contribution in [3.8, 4) is 11.3 Å². The molecule has 2 heterocycles. The molecule has 1 fully saturated rings. The highest BCUT2D eigenvalue weighted by Crippen LogP contribution is 2.24. The largest absolute Gasteiger partial charge is 0.378 e. The normalized spacial score (nSPS) is 13.9. The summed E-state index contributed by atoms with van der Waals surface area (Å²) >= 11 is 0. The number of ether oxygens (including phenoxy) is 1. The molecule has 5 heteroatoms. The molecule has 0 unspecified atom stereocenters. The van der Waals surface area contributed by atoms with Crippen molar-refractivity contribution in [2.75, 3.05) is 38.3 Å². The van der Waals surface area contributed by atoms with Crippen LogP contribution in [0.15, 0.2) is 66.7 Å². The van der Waals surface area contributed by atoms with Crippen molar-refractivity contribution < 1.29 is 9.53 Å². The van der Waals surface area contributed by atoms with Gasteiger partial charge in [0.15, 0.2) is 0 Å². The number of para-hydroxylation sites is 1. The molecule has 0 saturated carbocycles. The SMILES string of the molecule is Cc1nc(-c2ccccc2)ccc1C(=O)N(C)Cc1ccccc1N1CCOCC1. The Hall–Kier alpha value is -3.18. The standard InChI is InChI=1S/C25H27N3O2/c1-19-22(12-13-23(26-19)20-8-4-3-5-9-20)25(29)27(2)18-21-10-6-7-11-24(21)28-14-16-30-17-15-28/h3-13H,14-18H2,1-2H3. The summed E-state index contributed by atoms with van der Waals surface area (Å²) < 4.78 is 5.48. The van der Waals surface area contributed by atoms with E-state index < -0.39 is 0 Å². The van der Waals surface area contributed by atoms with E-state index in [1.54, 1.807) is 4.90 Å². The highest BCUT2D eigenvalue weighted by molar-refractivity contribution is 5.95. The Bertz CT molecular complexity index is 1010. The van der Waals surface area contributed by atoms with E-state index in [4.69, 9.17) is 4.74 Å². The van der Waals surface area contributed by atoms with Crippen molar-refractivity contribution in [3.05, 3.63) is 83.6 Å². The minimum Gasteiger partial charge on any atom is -0.378 e. The lowest BCUT2D eigenvalue weighted by Gasteiger charge is -2.31. The first-order valence-corrected chi connectivity index (χ1v) is 10.3. The Morgan fingerprint density at radius 1 is 1.00 bits per heavy atom. The van der Waals surface area contributed by atoms with Crippen molar-refractivity contribution in [2.45, 2.75) is 13.5 Å². The maximum Gasteiger partial charge on any atom is 0.255 e. The van der Waals surface area contributed by atoms with Gasteiger partial charge in [-0.1, -0.05) is 48.5 Å². The Morgan fingerprint density at radius 3 is 2.43 bits per heavy atom. The Labute approximate surface area is 177 Å². The zero-order chi connectivity index (χ0) is 20.9. The molecule has 1 saturated heterocycles. The van der Waals surface area contributed by atoms with Crippen molar-refractivity contribution in [1.29, 1.82) is 0 Å². The fourth-order valence-electron chi connectivity index (χ4n) is 3.85. The van der Waals surface area contributed by atoms with Crippen molar-refractivity contribution in [1.82, 2.24) is 9.88 Å². The summed E-state index contributed by atoms with van der Waals surface area (Å²) in [6, 6.07) is 22.1. The summed E-state index contributed by atoms with van der Waals surface area (Å²) in [4.78, 5) is 21.9. The third kappa shape index (κ3) is 4.36. The smallest absolute Gasteiger partial charge is 0.255 e. The molecule has 3 aromatic rings. The van der Waals surface area contributed by atoms with E-state index in [9.17, 15) is 4.79 Å². The van der Waals surface area contributed by atoms with E-state index >= 15 is 0 Å². The Morgan fingerprint density at radius 2 is 1.70 bits per heavy atom. The van der Waals surface area contributed by atoms with Gasteiger partial charge in [-0.05, 0) is 30.7 Å². The van der Waals surface area contributed by atoms with E-state index in [0.717, 1.165) is 48.8 Å². The van der Waals surface area contributed by atoms with Gasteiger partial charge in [-0.3, -0.25) is 9.78 Å². The quantitative estimate of drug-likeness (QED) is 0.644. The number of anilines is 1. The van der Waals surface area contributed by atoms with Crippen LogP contribution in [0.5, 0.6) is 0 Å². The zero-order valence-electron chi connectivity index (χ0n) is 17.5. The van der Waals surface area contributed by atoms with Crippen LogP contribution < -0.4 is 4.90 Å². The minimum atomic E-state index is -0.0172.